The molecule has 0 fully saturated rings. The number of aryl methyl sites for hydroxylation is 3. The minimum Gasteiger partial charge on any atom is -0.324 e. The lowest BCUT2D eigenvalue weighted by Crippen LogP contribution is -2.15. The van der Waals surface area contributed by atoms with E-state index in [4.69, 9.17) is 4.98 Å². The number of nitrogens with one attached hydrogen (secondary N) is 1. The van der Waals surface area contributed by atoms with Gasteiger partial charge in [-0.05, 0) is 72.1 Å². The molecule has 0 aliphatic rings. The summed E-state index contributed by atoms with van der Waals surface area (Å²) in [5.41, 5.74) is 7.16. The number of rotatable bonds is 5. The van der Waals surface area contributed by atoms with E-state index in [-0.39, 0.29) is 11.7 Å². The third-order valence-electron chi connectivity index (χ3n) is 4.82. The molecule has 158 valence electrons. The fraction of sp³-hybridized carbons (Fsp3) is 0.174. The topological polar surface area (TPSA) is 59.8 Å². The monoisotopic (exact) mass is 558 g/mol. The molecule has 0 aliphatic heterocycles. The summed E-state index contributed by atoms with van der Waals surface area (Å²) in [5, 5.41) is 3.72. The Morgan fingerprint density at radius 2 is 1.84 bits per heavy atom. The molecule has 0 radical (unpaired) electrons. The Morgan fingerprint density at radius 3 is 2.55 bits per heavy atom. The largest absolute Gasteiger partial charge is 0.324 e. The summed E-state index contributed by atoms with van der Waals surface area (Å²) in [6.45, 7) is 6.31. The number of pyridine rings is 1. The van der Waals surface area contributed by atoms with E-state index in [0.717, 1.165) is 36.5 Å². The lowest BCUT2D eigenvalue weighted by Gasteiger charge is -2.16. The maximum atomic E-state index is 12.7. The Balaban J connectivity index is 1.66. The standard InChI is InChI=1S/C23H20Br2N4OS/c1-13-8-14(2)22(15(3)9-13)29-20-6-7-26-11-19(20)28-23(29)31-12-21(30)27-18-5-4-16(24)10-17(18)25/h4-11H,12H2,1-3H3,(H,27,30). The van der Waals surface area contributed by atoms with E-state index in [1.165, 1.54) is 28.5 Å². The molecule has 0 bridgehead atoms. The number of hydrogen-bond donors (Lipinski definition) is 1. The number of anilines is 1. The molecule has 0 unspecified atom stereocenters. The molecule has 2 aromatic heterocycles. The first-order valence-electron chi connectivity index (χ1n) is 9.62. The zero-order valence-corrected chi connectivity index (χ0v) is 21.2. The average molecular weight is 560 g/mol. The Kier molecular flexibility index (Phi) is 6.50. The van der Waals surface area contributed by atoms with Crippen molar-refractivity contribution in [2.24, 2.45) is 0 Å². The molecule has 31 heavy (non-hydrogen) atoms. The van der Waals surface area contributed by atoms with Crippen LogP contribution in [0.1, 0.15) is 16.7 Å². The van der Waals surface area contributed by atoms with Gasteiger partial charge in [0.05, 0.1) is 28.8 Å². The number of fused-ring (bicyclic) bond motifs is 1. The summed E-state index contributed by atoms with van der Waals surface area (Å²) in [5.74, 6) is 0.144. The van der Waals surface area contributed by atoms with Crippen molar-refractivity contribution in [3.8, 4) is 5.69 Å². The first-order chi connectivity index (χ1) is 14.8. The highest BCUT2D eigenvalue weighted by Gasteiger charge is 2.18. The molecule has 5 nitrogen and oxygen atoms in total. The molecule has 4 aromatic rings. The van der Waals surface area contributed by atoms with Crippen molar-refractivity contribution in [3.05, 3.63) is 74.4 Å². The number of nitrogens with zero attached hydrogens (tertiary/aromatic N) is 3. The SMILES string of the molecule is Cc1cc(C)c(-n2c(SCC(=O)Nc3ccc(Br)cc3Br)nc3cnccc32)c(C)c1. The van der Waals surface area contributed by atoms with E-state index in [1.807, 2.05) is 24.3 Å². The third-order valence-corrected chi connectivity index (χ3v) is 6.91. The highest BCUT2D eigenvalue weighted by atomic mass is 79.9. The van der Waals surface area contributed by atoms with Gasteiger partial charge in [-0.1, -0.05) is 45.4 Å². The van der Waals surface area contributed by atoms with Gasteiger partial charge >= 0.3 is 0 Å². The van der Waals surface area contributed by atoms with Gasteiger partial charge in [-0.25, -0.2) is 4.98 Å². The van der Waals surface area contributed by atoms with Crippen LogP contribution in [0.25, 0.3) is 16.7 Å². The van der Waals surface area contributed by atoms with Crippen molar-refractivity contribution in [2.75, 3.05) is 11.1 Å². The van der Waals surface area contributed by atoms with E-state index >= 15 is 0 Å². The molecule has 8 heteroatoms. The number of hydrogen-bond acceptors (Lipinski definition) is 4. The minimum atomic E-state index is -0.0953. The molecule has 1 N–H and O–H groups in total. The molecule has 2 heterocycles. The first kappa shape index (κ1) is 22.0. The van der Waals surface area contributed by atoms with Gasteiger partial charge < -0.3 is 5.32 Å². The van der Waals surface area contributed by atoms with Gasteiger partial charge in [-0.2, -0.15) is 0 Å². The lowest BCUT2D eigenvalue weighted by molar-refractivity contribution is -0.113. The van der Waals surface area contributed by atoms with Gasteiger partial charge in [-0.3, -0.25) is 14.3 Å². The van der Waals surface area contributed by atoms with Gasteiger partial charge in [-0.15, -0.1) is 0 Å². The van der Waals surface area contributed by atoms with Crippen LogP contribution in [0.4, 0.5) is 5.69 Å². The zero-order chi connectivity index (χ0) is 22.1. The molecule has 2 aromatic carbocycles. The van der Waals surface area contributed by atoms with Gasteiger partial charge in [0.25, 0.3) is 0 Å². The maximum absolute atomic E-state index is 12.7. The summed E-state index contributed by atoms with van der Waals surface area (Å²) in [7, 11) is 0. The Hall–Kier alpha value is -2.16. The van der Waals surface area contributed by atoms with Crippen LogP contribution in [0.15, 0.2) is 62.9 Å². The third kappa shape index (κ3) is 4.71. The van der Waals surface area contributed by atoms with Crippen LogP contribution in [0, 0.1) is 20.8 Å². The lowest BCUT2D eigenvalue weighted by atomic mass is 10.0. The number of benzene rings is 2. The number of carbonyl (C=O) groups excluding carboxylic acids is 1. The summed E-state index contributed by atoms with van der Waals surface area (Å²) in [6, 6.07) is 11.9. The van der Waals surface area contributed by atoms with E-state index in [9.17, 15) is 4.79 Å². The van der Waals surface area contributed by atoms with Crippen LogP contribution < -0.4 is 5.32 Å². The van der Waals surface area contributed by atoms with Crippen LogP contribution in [0.5, 0.6) is 0 Å². The van der Waals surface area contributed by atoms with Crippen molar-refractivity contribution in [3.63, 3.8) is 0 Å². The molecule has 1 amide bonds. The van der Waals surface area contributed by atoms with Gasteiger partial charge in [0, 0.05) is 15.1 Å². The number of aromatic nitrogens is 3. The summed E-state index contributed by atoms with van der Waals surface area (Å²) in [4.78, 5) is 21.6. The smallest absolute Gasteiger partial charge is 0.234 e. The van der Waals surface area contributed by atoms with Gasteiger partial charge in [0.1, 0.15) is 5.52 Å². The second-order valence-electron chi connectivity index (χ2n) is 7.30. The van der Waals surface area contributed by atoms with Crippen molar-refractivity contribution in [1.29, 1.82) is 0 Å². The molecule has 4 rings (SSSR count). The molecular weight excluding hydrogens is 540 g/mol. The van der Waals surface area contributed by atoms with Crippen LogP contribution in [0.2, 0.25) is 0 Å². The van der Waals surface area contributed by atoms with E-state index in [2.05, 4.69) is 79.6 Å². The number of thioether (sulfide) groups is 1. The van der Waals surface area contributed by atoms with Gasteiger partial charge in [0.2, 0.25) is 5.91 Å². The predicted octanol–water partition coefficient (Wildman–Crippen LogP) is 6.60. The number of carbonyl (C=O) groups is 1. The predicted molar refractivity (Wildman–Crippen MR) is 134 cm³/mol. The molecule has 0 saturated carbocycles. The van der Waals surface area contributed by atoms with Crippen molar-refractivity contribution in [2.45, 2.75) is 25.9 Å². The normalized spacial score (nSPS) is 11.1. The quantitative estimate of drug-likeness (QED) is 0.280. The summed E-state index contributed by atoms with van der Waals surface area (Å²) >= 11 is 8.32. The molecule has 0 atom stereocenters. The summed E-state index contributed by atoms with van der Waals surface area (Å²) in [6.07, 6.45) is 3.53. The van der Waals surface area contributed by atoms with Crippen molar-refractivity contribution < 1.29 is 4.79 Å². The van der Waals surface area contributed by atoms with Crippen LogP contribution in [0.3, 0.4) is 0 Å². The summed E-state index contributed by atoms with van der Waals surface area (Å²) < 4.78 is 3.90. The Labute approximate surface area is 201 Å². The van der Waals surface area contributed by atoms with Crippen LogP contribution >= 0.6 is 43.6 Å². The second-order valence-corrected chi connectivity index (χ2v) is 10.0. The molecule has 0 saturated heterocycles. The zero-order valence-electron chi connectivity index (χ0n) is 17.2. The highest BCUT2D eigenvalue weighted by molar-refractivity contribution is 9.11. The number of amides is 1. The minimum absolute atomic E-state index is 0.0953. The second kappa shape index (κ2) is 9.14. The van der Waals surface area contributed by atoms with Crippen molar-refractivity contribution >= 4 is 66.2 Å². The van der Waals surface area contributed by atoms with Crippen LogP contribution in [-0.2, 0) is 4.79 Å². The van der Waals surface area contributed by atoms with Crippen LogP contribution in [-0.4, -0.2) is 26.2 Å². The molecular formula is C23H20Br2N4OS. The highest BCUT2D eigenvalue weighted by Crippen LogP contribution is 2.32. The Morgan fingerprint density at radius 1 is 1.10 bits per heavy atom. The fourth-order valence-corrected chi connectivity index (χ4v) is 5.62. The number of halogens is 2. The Bertz CT molecular complexity index is 1280. The van der Waals surface area contributed by atoms with Crippen molar-refractivity contribution in [1.82, 2.24) is 14.5 Å². The van der Waals surface area contributed by atoms with E-state index in [1.54, 1.807) is 12.4 Å². The fourth-order valence-electron chi connectivity index (χ4n) is 3.66. The molecule has 0 aliphatic carbocycles. The van der Waals surface area contributed by atoms with E-state index < -0.39 is 0 Å². The van der Waals surface area contributed by atoms with E-state index in [0.29, 0.717) is 0 Å². The van der Waals surface area contributed by atoms with Gasteiger partial charge in [0.15, 0.2) is 5.16 Å². The maximum Gasteiger partial charge on any atom is 0.234 e. The first-order valence-corrected chi connectivity index (χ1v) is 12.2. The number of imidazole rings is 1. The average Bonchev–Trinajstić information content (AvgIpc) is 3.06. The molecule has 0 spiro atoms.